The highest BCUT2D eigenvalue weighted by molar-refractivity contribution is 7.86. The van der Waals surface area contributed by atoms with Crippen LogP contribution in [-0.2, 0) is 26.8 Å². The molecule has 2 aromatic carbocycles. The molecule has 1 aromatic heterocycles. The van der Waals surface area contributed by atoms with Crippen LogP contribution in [0.3, 0.4) is 0 Å². The minimum absolute atomic E-state index is 0.219. The molecule has 0 unspecified atom stereocenters. The van der Waals surface area contributed by atoms with E-state index in [4.69, 9.17) is 13.8 Å². The summed E-state index contributed by atoms with van der Waals surface area (Å²) < 4.78 is 70.6. The van der Waals surface area contributed by atoms with E-state index < -0.39 is 20.2 Å². The summed E-state index contributed by atoms with van der Waals surface area (Å²) in [7, 11) is -8.08. The molecule has 0 bridgehead atoms. The SMILES string of the molecule is O=S(=O)(O)CCCN1/C(=C/c2cc[n+](CCCS(=O)(=O)O)c3ccccc23)Oc2ccccc21. The smallest absolute Gasteiger partial charge is 0.265 e. The van der Waals surface area contributed by atoms with Crippen molar-refractivity contribution in [2.45, 2.75) is 19.4 Å². The molecule has 2 heterocycles. The number of hydrogen-bond donors (Lipinski definition) is 2. The summed E-state index contributed by atoms with van der Waals surface area (Å²) in [6, 6.07) is 17.0. The van der Waals surface area contributed by atoms with Gasteiger partial charge in [-0.2, -0.15) is 21.4 Å². The summed E-state index contributed by atoms with van der Waals surface area (Å²) in [6.07, 6.45) is 4.22. The average Bonchev–Trinajstić information content (AvgIpc) is 3.11. The molecule has 0 spiro atoms. The lowest BCUT2D eigenvalue weighted by atomic mass is 10.1. The molecule has 3 aromatic rings. The van der Waals surface area contributed by atoms with E-state index in [1.54, 1.807) is 0 Å². The van der Waals surface area contributed by atoms with Gasteiger partial charge in [0.25, 0.3) is 20.2 Å². The summed E-state index contributed by atoms with van der Waals surface area (Å²) >= 11 is 0. The third-order valence-electron chi connectivity index (χ3n) is 5.46. The van der Waals surface area contributed by atoms with Crippen LogP contribution in [0.4, 0.5) is 5.69 Å². The van der Waals surface area contributed by atoms with Crippen LogP contribution in [-0.4, -0.2) is 44.0 Å². The van der Waals surface area contributed by atoms with Gasteiger partial charge >= 0.3 is 0 Å². The molecule has 9 nitrogen and oxygen atoms in total. The number of rotatable bonds is 9. The largest absolute Gasteiger partial charge is 0.439 e. The Kier molecular flexibility index (Phi) is 6.89. The molecule has 0 radical (unpaired) electrons. The molecular weight excluding hydrogens is 480 g/mol. The minimum atomic E-state index is -4.06. The van der Waals surface area contributed by atoms with Crippen LogP contribution < -0.4 is 14.2 Å². The molecule has 0 saturated carbocycles. The predicted molar refractivity (Wildman–Crippen MR) is 129 cm³/mol. The van der Waals surface area contributed by atoms with Gasteiger partial charge < -0.3 is 9.64 Å². The van der Waals surface area contributed by atoms with E-state index in [2.05, 4.69) is 0 Å². The fourth-order valence-electron chi connectivity index (χ4n) is 3.98. The maximum absolute atomic E-state index is 11.2. The number of ether oxygens (including phenoxy) is 1. The summed E-state index contributed by atoms with van der Waals surface area (Å²) in [4.78, 5) is 1.88. The fraction of sp³-hybridized carbons (Fsp3) is 0.261. The van der Waals surface area contributed by atoms with Crippen molar-refractivity contribution in [2.75, 3.05) is 23.0 Å². The van der Waals surface area contributed by atoms with Crippen LogP contribution in [0.2, 0.25) is 0 Å². The van der Waals surface area contributed by atoms with E-state index in [0.29, 0.717) is 24.7 Å². The van der Waals surface area contributed by atoms with Gasteiger partial charge in [0, 0.05) is 31.2 Å². The Balaban J connectivity index is 1.66. The van der Waals surface area contributed by atoms with Gasteiger partial charge in [0.1, 0.15) is 6.54 Å². The maximum atomic E-state index is 11.2. The summed E-state index contributed by atoms with van der Waals surface area (Å²) in [6.45, 7) is 0.754. The third-order valence-corrected chi connectivity index (χ3v) is 7.07. The molecule has 11 heteroatoms. The van der Waals surface area contributed by atoms with Gasteiger partial charge in [-0.05, 0) is 30.2 Å². The molecule has 0 fully saturated rings. The van der Waals surface area contributed by atoms with Crippen LogP contribution in [0.25, 0.3) is 17.0 Å². The van der Waals surface area contributed by atoms with E-state index in [1.165, 1.54) is 0 Å². The molecule has 0 saturated heterocycles. The van der Waals surface area contributed by atoms with E-state index in [9.17, 15) is 16.8 Å². The summed E-state index contributed by atoms with van der Waals surface area (Å²) in [5.74, 6) is 0.522. The number of pyridine rings is 1. The fourth-order valence-corrected chi connectivity index (χ4v) is 4.96. The Bertz CT molecular complexity index is 1450. The molecule has 4 rings (SSSR count). The van der Waals surface area contributed by atoms with Gasteiger partial charge in [0.2, 0.25) is 11.4 Å². The second-order valence-electron chi connectivity index (χ2n) is 7.96. The van der Waals surface area contributed by atoms with E-state index in [-0.39, 0.29) is 24.3 Å². The molecular formula is C23H25N2O7S2+. The van der Waals surface area contributed by atoms with Crippen molar-refractivity contribution in [3.8, 4) is 5.75 Å². The highest BCUT2D eigenvalue weighted by Gasteiger charge is 2.26. The van der Waals surface area contributed by atoms with Crippen molar-refractivity contribution in [1.29, 1.82) is 0 Å². The van der Waals surface area contributed by atoms with Crippen LogP contribution >= 0.6 is 0 Å². The first kappa shape index (κ1) is 24.1. The maximum Gasteiger partial charge on any atom is 0.265 e. The second kappa shape index (κ2) is 9.71. The summed E-state index contributed by atoms with van der Waals surface area (Å²) in [5, 5.41) is 0.918. The Morgan fingerprint density at radius 3 is 2.32 bits per heavy atom. The van der Waals surface area contributed by atoms with Crippen molar-refractivity contribution < 1.29 is 35.2 Å². The first-order valence-electron chi connectivity index (χ1n) is 10.7. The second-order valence-corrected chi connectivity index (χ2v) is 11.1. The van der Waals surface area contributed by atoms with Gasteiger partial charge in [-0.1, -0.05) is 24.3 Å². The predicted octanol–water partition coefficient (Wildman–Crippen LogP) is 2.88. The van der Waals surface area contributed by atoms with Gasteiger partial charge in [-0.15, -0.1) is 0 Å². The van der Waals surface area contributed by atoms with E-state index in [0.717, 1.165) is 22.2 Å². The first-order valence-corrected chi connectivity index (χ1v) is 13.9. The quantitative estimate of drug-likeness (QED) is 0.336. The molecule has 34 heavy (non-hydrogen) atoms. The monoisotopic (exact) mass is 505 g/mol. The Morgan fingerprint density at radius 1 is 0.882 bits per heavy atom. The zero-order valence-electron chi connectivity index (χ0n) is 18.2. The molecule has 1 aliphatic rings. The lowest BCUT2D eigenvalue weighted by Gasteiger charge is -2.18. The first-order chi connectivity index (χ1) is 16.1. The zero-order valence-corrected chi connectivity index (χ0v) is 19.9. The number of benzene rings is 2. The molecule has 1 aliphatic heterocycles. The van der Waals surface area contributed by atoms with E-state index in [1.807, 2.05) is 76.3 Å². The highest BCUT2D eigenvalue weighted by atomic mass is 32.2. The van der Waals surface area contributed by atoms with Crippen molar-refractivity contribution in [3.63, 3.8) is 0 Å². The van der Waals surface area contributed by atoms with Gasteiger partial charge in [-0.25, -0.2) is 0 Å². The average molecular weight is 506 g/mol. The van der Waals surface area contributed by atoms with Crippen LogP contribution in [0, 0.1) is 0 Å². The molecule has 0 aliphatic carbocycles. The lowest BCUT2D eigenvalue weighted by Crippen LogP contribution is -2.35. The number of nitrogens with zero attached hydrogens (tertiary/aromatic N) is 2. The third kappa shape index (κ3) is 5.92. The molecule has 180 valence electrons. The molecule has 0 atom stereocenters. The highest BCUT2D eigenvalue weighted by Crippen LogP contribution is 2.39. The number of anilines is 1. The zero-order chi connectivity index (χ0) is 24.3. The molecule has 2 N–H and O–H groups in total. The lowest BCUT2D eigenvalue weighted by molar-refractivity contribution is -0.671. The normalized spacial score (nSPS) is 15.0. The summed E-state index contributed by atoms with van der Waals surface area (Å²) in [5.41, 5.74) is 2.56. The molecule has 0 amide bonds. The van der Waals surface area contributed by atoms with Crippen LogP contribution in [0.1, 0.15) is 18.4 Å². The van der Waals surface area contributed by atoms with Crippen molar-refractivity contribution in [3.05, 3.63) is 72.2 Å². The number of fused-ring (bicyclic) bond motifs is 2. The number of hydrogen-bond acceptors (Lipinski definition) is 6. The van der Waals surface area contributed by atoms with Crippen LogP contribution in [0.15, 0.2) is 66.7 Å². The van der Waals surface area contributed by atoms with Gasteiger partial charge in [0.05, 0.1) is 22.6 Å². The number of aromatic nitrogens is 1. The van der Waals surface area contributed by atoms with E-state index >= 15 is 0 Å². The van der Waals surface area contributed by atoms with Gasteiger partial charge in [0.15, 0.2) is 11.9 Å². The topological polar surface area (TPSA) is 125 Å². The number of aryl methyl sites for hydroxylation is 1. The van der Waals surface area contributed by atoms with Crippen LogP contribution in [0.5, 0.6) is 5.75 Å². The Hall–Kier alpha value is -2.99. The van der Waals surface area contributed by atoms with Crippen molar-refractivity contribution in [2.24, 2.45) is 0 Å². The van der Waals surface area contributed by atoms with Gasteiger partial charge in [-0.3, -0.25) is 9.11 Å². The minimum Gasteiger partial charge on any atom is -0.439 e. The Labute approximate surface area is 198 Å². The van der Waals surface area contributed by atoms with Crippen molar-refractivity contribution >= 4 is 42.9 Å². The standard InChI is InChI=1S/C23H24N2O7S2/c26-33(27,28)15-5-12-24-14-11-18(19-7-1-2-8-20(19)24)17-23-25(13-6-16-34(29,30)31)21-9-3-4-10-22(21)32-23/h1-4,7-11,14,17H,5-6,12-13,15-16H2,(H-,26,27,28,29,30,31)/p+1. The Morgan fingerprint density at radius 2 is 1.56 bits per heavy atom. The van der Waals surface area contributed by atoms with Crippen molar-refractivity contribution in [1.82, 2.24) is 0 Å². The number of para-hydroxylation sites is 3.